The molecule has 5 heteroatoms. The molecular formula is C22H26FN3O. The van der Waals surface area contributed by atoms with Crippen molar-refractivity contribution in [2.45, 2.75) is 45.6 Å². The summed E-state index contributed by atoms with van der Waals surface area (Å²) in [4.78, 5) is 14.5. The Morgan fingerprint density at radius 1 is 1.30 bits per heavy atom. The van der Waals surface area contributed by atoms with E-state index >= 15 is 0 Å². The first kappa shape index (κ1) is 19.1. The highest BCUT2D eigenvalue weighted by Crippen LogP contribution is 2.43. The smallest absolute Gasteiger partial charge is 0.271 e. The van der Waals surface area contributed by atoms with E-state index in [1.807, 2.05) is 6.07 Å². The summed E-state index contributed by atoms with van der Waals surface area (Å²) in [5.74, 6) is -0.279. The number of fused-ring (bicyclic) bond motifs is 1. The molecule has 1 atom stereocenters. The highest BCUT2D eigenvalue weighted by atomic mass is 19.1. The second-order valence-corrected chi connectivity index (χ2v) is 7.69. The molecule has 0 aliphatic carbocycles. The maximum atomic E-state index is 12.9. The van der Waals surface area contributed by atoms with E-state index < -0.39 is 0 Å². The van der Waals surface area contributed by atoms with E-state index in [0.29, 0.717) is 11.5 Å². The molecule has 142 valence electrons. The van der Waals surface area contributed by atoms with Crippen molar-refractivity contribution >= 4 is 17.8 Å². The Morgan fingerprint density at radius 2 is 2.00 bits per heavy atom. The van der Waals surface area contributed by atoms with Gasteiger partial charge in [0.15, 0.2) is 0 Å². The molecule has 0 unspecified atom stereocenters. The zero-order valence-electron chi connectivity index (χ0n) is 16.3. The van der Waals surface area contributed by atoms with Gasteiger partial charge in [-0.1, -0.05) is 13.0 Å². The highest BCUT2D eigenvalue weighted by molar-refractivity contribution is 5.94. The van der Waals surface area contributed by atoms with E-state index in [0.717, 1.165) is 18.5 Å². The van der Waals surface area contributed by atoms with Crippen LogP contribution >= 0.6 is 0 Å². The summed E-state index contributed by atoms with van der Waals surface area (Å²) in [6.07, 6.45) is 2.74. The van der Waals surface area contributed by atoms with Crippen LogP contribution in [0.25, 0.3) is 0 Å². The van der Waals surface area contributed by atoms with Crippen molar-refractivity contribution in [2.24, 2.45) is 5.10 Å². The van der Waals surface area contributed by atoms with E-state index in [1.54, 1.807) is 6.21 Å². The molecule has 1 heterocycles. The van der Waals surface area contributed by atoms with Gasteiger partial charge in [-0.2, -0.15) is 5.10 Å². The van der Waals surface area contributed by atoms with Crippen LogP contribution < -0.4 is 10.3 Å². The van der Waals surface area contributed by atoms with Crippen LogP contribution in [0.5, 0.6) is 0 Å². The minimum Gasteiger partial charge on any atom is -0.366 e. The maximum absolute atomic E-state index is 12.9. The zero-order chi connectivity index (χ0) is 19.6. The fraction of sp³-hybridized carbons (Fsp3) is 0.364. The molecule has 4 nitrogen and oxygen atoms in total. The Morgan fingerprint density at radius 3 is 2.67 bits per heavy atom. The summed E-state index contributed by atoms with van der Waals surface area (Å²) >= 11 is 0. The maximum Gasteiger partial charge on any atom is 0.271 e. The van der Waals surface area contributed by atoms with Gasteiger partial charge in [0, 0.05) is 23.3 Å². The predicted octanol–water partition coefficient (Wildman–Crippen LogP) is 4.70. The van der Waals surface area contributed by atoms with Crippen LogP contribution in [0.1, 0.15) is 61.5 Å². The molecule has 0 saturated heterocycles. The molecule has 1 aliphatic heterocycles. The number of halogens is 1. The van der Waals surface area contributed by atoms with Gasteiger partial charge < -0.3 is 4.90 Å². The van der Waals surface area contributed by atoms with Crippen LogP contribution in [0.3, 0.4) is 0 Å². The fourth-order valence-corrected chi connectivity index (χ4v) is 4.02. The number of anilines is 1. The lowest BCUT2D eigenvalue weighted by Gasteiger charge is -2.47. The van der Waals surface area contributed by atoms with E-state index in [1.165, 1.54) is 35.5 Å². The molecule has 1 N–H and O–H groups in total. The number of rotatable bonds is 4. The second-order valence-electron chi connectivity index (χ2n) is 7.69. The number of hydrogen-bond donors (Lipinski definition) is 1. The van der Waals surface area contributed by atoms with Gasteiger partial charge in [-0.05, 0) is 80.6 Å². The van der Waals surface area contributed by atoms with Crippen molar-refractivity contribution < 1.29 is 9.18 Å². The first-order chi connectivity index (χ1) is 12.8. The van der Waals surface area contributed by atoms with Gasteiger partial charge in [0.1, 0.15) is 5.82 Å². The number of nitrogens with zero attached hydrogens (tertiary/aromatic N) is 2. The summed E-state index contributed by atoms with van der Waals surface area (Å²) in [6.45, 7) is 9.98. The lowest BCUT2D eigenvalue weighted by molar-refractivity contribution is 0.0955. The van der Waals surface area contributed by atoms with Crippen molar-refractivity contribution in [1.82, 2.24) is 5.43 Å². The first-order valence-electron chi connectivity index (χ1n) is 9.32. The molecular weight excluding hydrogens is 341 g/mol. The van der Waals surface area contributed by atoms with Crippen molar-refractivity contribution in [3.63, 3.8) is 0 Å². The quantitative estimate of drug-likeness (QED) is 0.629. The Labute approximate surface area is 160 Å². The number of carbonyl (C=O) groups is 1. The normalized spacial score (nSPS) is 18.4. The fourth-order valence-electron chi connectivity index (χ4n) is 4.02. The topological polar surface area (TPSA) is 44.7 Å². The van der Waals surface area contributed by atoms with Crippen molar-refractivity contribution in [2.75, 3.05) is 11.4 Å². The first-order valence-corrected chi connectivity index (χ1v) is 9.32. The van der Waals surface area contributed by atoms with Crippen molar-refractivity contribution in [3.8, 4) is 0 Å². The third-order valence-corrected chi connectivity index (χ3v) is 5.21. The average Bonchev–Trinajstić information content (AvgIpc) is 2.62. The van der Waals surface area contributed by atoms with Crippen LogP contribution in [0.2, 0.25) is 0 Å². The number of nitrogens with one attached hydrogen (secondary N) is 1. The Balaban J connectivity index is 1.75. The monoisotopic (exact) mass is 367 g/mol. The molecule has 0 bridgehead atoms. The second kappa shape index (κ2) is 7.51. The summed E-state index contributed by atoms with van der Waals surface area (Å²) < 4.78 is 12.9. The lowest BCUT2D eigenvalue weighted by Crippen LogP contribution is -2.48. The summed E-state index contributed by atoms with van der Waals surface area (Å²) in [7, 11) is 0. The SMILES string of the molecule is CCN1c2ccc(/C=N\NC(=O)c3ccc(F)cc3)cc2[C@@H](C)CC1(C)C. The molecule has 1 aliphatic rings. The van der Waals surface area contributed by atoms with Crippen LogP contribution in [0, 0.1) is 5.82 Å². The van der Waals surface area contributed by atoms with Gasteiger partial charge in [0.2, 0.25) is 0 Å². The number of carbonyl (C=O) groups excluding carboxylic acids is 1. The molecule has 0 saturated carbocycles. The predicted molar refractivity (Wildman–Crippen MR) is 108 cm³/mol. The van der Waals surface area contributed by atoms with E-state index in [9.17, 15) is 9.18 Å². The van der Waals surface area contributed by atoms with Crippen molar-refractivity contribution in [1.29, 1.82) is 0 Å². The van der Waals surface area contributed by atoms with Gasteiger partial charge in [-0.15, -0.1) is 0 Å². The highest BCUT2D eigenvalue weighted by Gasteiger charge is 2.35. The third-order valence-electron chi connectivity index (χ3n) is 5.21. The molecule has 27 heavy (non-hydrogen) atoms. The number of hydrogen-bond acceptors (Lipinski definition) is 3. The summed E-state index contributed by atoms with van der Waals surface area (Å²) in [6, 6.07) is 11.7. The Hall–Kier alpha value is -2.69. The van der Waals surface area contributed by atoms with Crippen LogP contribution in [0.4, 0.5) is 10.1 Å². The molecule has 0 fully saturated rings. The average molecular weight is 367 g/mol. The van der Waals surface area contributed by atoms with Crippen LogP contribution in [-0.4, -0.2) is 24.2 Å². The zero-order valence-corrected chi connectivity index (χ0v) is 16.3. The van der Waals surface area contributed by atoms with Gasteiger partial charge in [-0.25, -0.2) is 9.82 Å². The third kappa shape index (κ3) is 4.02. The molecule has 3 rings (SSSR count). The largest absolute Gasteiger partial charge is 0.366 e. The van der Waals surface area contributed by atoms with E-state index in [2.05, 4.69) is 55.3 Å². The number of amides is 1. The summed E-state index contributed by atoms with van der Waals surface area (Å²) in [5, 5.41) is 4.05. The van der Waals surface area contributed by atoms with Gasteiger partial charge in [0.05, 0.1) is 6.21 Å². The van der Waals surface area contributed by atoms with Crippen LogP contribution in [0.15, 0.2) is 47.6 Å². The lowest BCUT2D eigenvalue weighted by atomic mass is 9.79. The molecule has 2 aromatic carbocycles. The van der Waals surface area contributed by atoms with Gasteiger partial charge >= 0.3 is 0 Å². The van der Waals surface area contributed by atoms with E-state index in [-0.39, 0.29) is 17.3 Å². The number of hydrazone groups is 1. The Kier molecular flexibility index (Phi) is 5.31. The minimum absolute atomic E-state index is 0.139. The number of benzene rings is 2. The van der Waals surface area contributed by atoms with E-state index in [4.69, 9.17) is 0 Å². The minimum atomic E-state index is -0.373. The molecule has 0 spiro atoms. The van der Waals surface area contributed by atoms with Crippen molar-refractivity contribution in [3.05, 3.63) is 65.0 Å². The summed E-state index contributed by atoms with van der Waals surface area (Å²) in [5.41, 5.74) is 6.52. The standard InChI is InChI=1S/C22H26FN3O/c1-5-26-20-11-6-16(12-19(20)15(2)13-22(26,3)4)14-24-25-21(27)17-7-9-18(23)10-8-17/h6-12,14-15H,5,13H2,1-4H3,(H,25,27)/b24-14-/t15-/m0/s1. The Bertz CT molecular complexity index is 858. The molecule has 2 aromatic rings. The molecule has 1 amide bonds. The van der Waals surface area contributed by atoms with Gasteiger partial charge in [-0.3, -0.25) is 4.79 Å². The molecule has 0 radical (unpaired) electrons. The van der Waals surface area contributed by atoms with Gasteiger partial charge in [0.25, 0.3) is 5.91 Å². The van der Waals surface area contributed by atoms with Crippen LogP contribution in [-0.2, 0) is 0 Å². The molecule has 0 aromatic heterocycles.